The van der Waals surface area contributed by atoms with Crippen LogP contribution in [0.4, 0.5) is 5.82 Å². The van der Waals surface area contributed by atoms with Crippen molar-refractivity contribution in [1.82, 2.24) is 29.7 Å². The second kappa shape index (κ2) is 12.8. The predicted molar refractivity (Wildman–Crippen MR) is 140 cm³/mol. The summed E-state index contributed by atoms with van der Waals surface area (Å²) >= 11 is 5.94. The summed E-state index contributed by atoms with van der Waals surface area (Å²) in [6, 6.07) is 6.66. The number of hydrogen-bond acceptors (Lipinski definition) is 11. The Morgan fingerprint density at radius 2 is 1.92 bits per heavy atom. The first-order valence-corrected chi connectivity index (χ1v) is 12.7. The molecule has 3 aromatic rings. The van der Waals surface area contributed by atoms with Crippen molar-refractivity contribution in [2.45, 2.75) is 43.4 Å². The van der Waals surface area contributed by atoms with Gasteiger partial charge >= 0.3 is 5.97 Å². The third-order valence-corrected chi connectivity index (χ3v) is 6.87. The number of rotatable bonds is 13. The smallest absolute Gasteiger partial charge is 0.320 e. The molecule has 3 heterocycles. The van der Waals surface area contributed by atoms with Gasteiger partial charge < -0.3 is 36.8 Å². The van der Waals surface area contributed by atoms with Crippen LogP contribution < -0.4 is 16.8 Å². The maximum atomic E-state index is 11.2. The SMILES string of the molecule is Nc1ncnc2c1ncn2C1O[C@H](CN(CCNCCc2ccc(Cl)cc2)CCC(N)C(=O)O)[C@@H](O)[C@H]1O. The molecule has 1 saturated heterocycles. The van der Waals surface area contributed by atoms with E-state index in [-0.39, 0.29) is 18.8 Å². The van der Waals surface area contributed by atoms with Gasteiger partial charge in [0.1, 0.15) is 36.2 Å². The zero-order valence-corrected chi connectivity index (χ0v) is 21.5. The van der Waals surface area contributed by atoms with Crippen molar-refractivity contribution in [2.75, 3.05) is 38.5 Å². The highest BCUT2D eigenvalue weighted by Crippen LogP contribution is 2.32. The van der Waals surface area contributed by atoms with E-state index in [9.17, 15) is 20.1 Å². The molecule has 1 aliphatic heterocycles. The van der Waals surface area contributed by atoms with Crippen molar-refractivity contribution in [3.8, 4) is 0 Å². The minimum absolute atomic E-state index is 0.197. The van der Waals surface area contributed by atoms with Gasteiger partial charge in [0.25, 0.3) is 0 Å². The first-order chi connectivity index (χ1) is 18.2. The minimum atomic E-state index is -1.24. The average molecular weight is 549 g/mol. The van der Waals surface area contributed by atoms with Crippen LogP contribution >= 0.6 is 11.6 Å². The van der Waals surface area contributed by atoms with Gasteiger partial charge in [-0.25, -0.2) is 15.0 Å². The zero-order chi connectivity index (χ0) is 27.2. The number of nitrogens with two attached hydrogens (primary N) is 2. The van der Waals surface area contributed by atoms with Crippen molar-refractivity contribution in [3.05, 3.63) is 47.5 Å². The number of nitrogen functional groups attached to an aromatic ring is 1. The number of hydrogen-bond donors (Lipinski definition) is 6. The molecule has 1 aromatic carbocycles. The van der Waals surface area contributed by atoms with Crippen LogP contribution in [0.1, 0.15) is 18.2 Å². The van der Waals surface area contributed by atoms with Crippen molar-refractivity contribution >= 4 is 34.6 Å². The second-order valence-electron chi connectivity index (χ2n) is 9.29. The van der Waals surface area contributed by atoms with E-state index >= 15 is 0 Å². The molecule has 4 rings (SSSR count). The number of fused-ring (bicyclic) bond motifs is 1. The Labute approximate surface area is 224 Å². The van der Waals surface area contributed by atoms with E-state index in [0.717, 1.165) is 18.5 Å². The molecule has 14 heteroatoms. The third-order valence-electron chi connectivity index (χ3n) is 6.62. The summed E-state index contributed by atoms with van der Waals surface area (Å²) in [4.78, 5) is 25.5. The molecule has 5 atom stereocenters. The molecular weight excluding hydrogens is 516 g/mol. The lowest BCUT2D eigenvalue weighted by Crippen LogP contribution is -2.44. The molecule has 2 aromatic heterocycles. The fourth-order valence-corrected chi connectivity index (χ4v) is 4.53. The van der Waals surface area contributed by atoms with Gasteiger partial charge in [-0.2, -0.15) is 0 Å². The summed E-state index contributed by atoms with van der Waals surface area (Å²) in [6.45, 7) is 2.54. The van der Waals surface area contributed by atoms with Crippen LogP contribution in [0.2, 0.25) is 5.02 Å². The van der Waals surface area contributed by atoms with Crippen LogP contribution in [0, 0.1) is 0 Å². The largest absolute Gasteiger partial charge is 0.480 e. The van der Waals surface area contributed by atoms with E-state index in [1.54, 1.807) is 0 Å². The van der Waals surface area contributed by atoms with E-state index in [4.69, 9.17) is 27.8 Å². The van der Waals surface area contributed by atoms with E-state index in [0.29, 0.717) is 35.8 Å². The topological polar surface area (TPSA) is 198 Å². The van der Waals surface area contributed by atoms with Gasteiger partial charge in [0, 0.05) is 31.2 Å². The molecule has 0 amide bonds. The Morgan fingerprint density at radius 3 is 2.66 bits per heavy atom. The summed E-state index contributed by atoms with van der Waals surface area (Å²) in [5.41, 5.74) is 13.5. The number of anilines is 1. The van der Waals surface area contributed by atoms with Crippen LogP contribution in [0.15, 0.2) is 36.9 Å². The van der Waals surface area contributed by atoms with Crippen LogP contribution in [0.25, 0.3) is 11.2 Å². The molecule has 1 fully saturated rings. The lowest BCUT2D eigenvalue weighted by Gasteiger charge is -2.27. The van der Waals surface area contributed by atoms with Crippen LogP contribution in [-0.2, 0) is 16.0 Å². The summed E-state index contributed by atoms with van der Waals surface area (Å²) in [6.07, 6.45) is -0.342. The number of aliphatic hydroxyl groups is 2. The van der Waals surface area contributed by atoms with E-state index in [1.165, 1.54) is 17.2 Å². The second-order valence-corrected chi connectivity index (χ2v) is 9.73. The quantitative estimate of drug-likeness (QED) is 0.151. The number of aliphatic carboxylic acids is 1. The predicted octanol–water partition coefficient (Wildman–Crippen LogP) is -0.383. The lowest BCUT2D eigenvalue weighted by atomic mass is 10.1. The molecule has 8 N–H and O–H groups in total. The maximum absolute atomic E-state index is 11.2. The molecule has 38 heavy (non-hydrogen) atoms. The average Bonchev–Trinajstić information content (AvgIpc) is 3.45. The van der Waals surface area contributed by atoms with E-state index in [1.807, 2.05) is 29.2 Å². The molecule has 0 radical (unpaired) electrons. The Kier molecular flexibility index (Phi) is 9.44. The molecule has 0 bridgehead atoms. The molecule has 2 unspecified atom stereocenters. The lowest BCUT2D eigenvalue weighted by molar-refractivity contribution is -0.138. The third kappa shape index (κ3) is 6.74. The summed E-state index contributed by atoms with van der Waals surface area (Å²) in [5, 5.41) is 34.8. The van der Waals surface area contributed by atoms with Gasteiger partial charge in [-0.05, 0) is 37.1 Å². The molecule has 0 spiro atoms. The molecule has 0 saturated carbocycles. The van der Waals surface area contributed by atoms with E-state index in [2.05, 4.69) is 20.3 Å². The monoisotopic (exact) mass is 548 g/mol. The fourth-order valence-electron chi connectivity index (χ4n) is 4.41. The number of carboxylic acids is 1. The Hall–Kier alpha value is -2.91. The molecule has 206 valence electrons. The normalized spacial score (nSPS) is 22.3. The van der Waals surface area contributed by atoms with Crippen LogP contribution in [-0.4, -0.2) is 103 Å². The Balaban J connectivity index is 1.36. The van der Waals surface area contributed by atoms with Gasteiger partial charge in [-0.1, -0.05) is 23.7 Å². The first kappa shape index (κ1) is 28.1. The summed E-state index contributed by atoms with van der Waals surface area (Å²) < 4.78 is 7.58. The van der Waals surface area contributed by atoms with Crippen molar-refractivity contribution < 1.29 is 24.9 Å². The van der Waals surface area contributed by atoms with Gasteiger partial charge in [0.05, 0.1) is 6.33 Å². The standard InChI is InChI=1S/C24H33ClN8O5/c25-15-3-1-14(2-4-15)5-7-28-8-10-32(9-6-16(26)24(36)37)11-17-19(34)20(35)23(38-17)33-13-31-18-21(27)29-12-30-22(18)33/h1-4,12-13,16-17,19-20,23,28,34-35H,5-11,26H2,(H,36,37)(H2,27,29,30)/t16?,17-,19-,20-,23?/m1/s1. The highest BCUT2D eigenvalue weighted by atomic mass is 35.5. The molecular formula is C24H33ClN8O5. The number of imidazole rings is 1. The minimum Gasteiger partial charge on any atom is -0.480 e. The van der Waals surface area contributed by atoms with Crippen LogP contribution in [0.3, 0.4) is 0 Å². The Morgan fingerprint density at radius 1 is 1.16 bits per heavy atom. The fraction of sp³-hybridized carbons (Fsp3) is 0.500. The van der Waals surface area contributed by atoms with E-state index < -0.39 is 36.6 Å². The number of nitrogens with zero attached hydrogens (tertiary/aromatic N) is 5. The van der Waals surface area contributed by atoms with Gasteiger partial charge in [0.15, 0.2) is 17.7 Å². The van der Waals surface area contributed by atoms with Crippen LogP contribution in [0.5, 0.6) is 0 Å². The first-order valence-electron chi connectivity index (χ1n) is 12.3. The summed E-state index contributed by atoms with van der Waals surface area (Å²) in [7, 11) is 0. The number of benzene rings is 1. The van der Waals surface area contributed by atoms with Gasteiger partial charge in [-0.15, -0.1) is 0 Å². The molecule has 13 nitrogen and oxygen atoms in total. The maximum Gasteiger partial charge on any atom is 0.320 e. The van der Waals surface area contributed by atoms with Crippen molar-refractivity contribution in [2.24, 2.45) is 5.73 Å². The van der Waals surface area contributed by atoms with Gasteiger partial charge in [-0.3, -0.25) is 14.3 Å². The highest BCUT2D eigenvalue weighted by molar-refractivity contribution is 6.30. The number of aliphatic hydroxyl groups excluding tert-OH is 2. The Bertz CT molecular complexity index is 1210. The molecule has 0 aliphatic carbocycles. The number of carboxylic acid groups (broad SMARTS) is 1. The summed E-state index contributed by atoms with van der Waals surface area (Å²) in [5.74, 6) is -0.880. The number of nitrogens with one attached hydrogen (secondary N) is 1. The number of aromatic nitrogens is 4. The molecule has 1 aliphatic rings. The highest BCUT2D eigenvalue weighted by Gasteiger charge is 2.44. The van der Waals surface area contributed by atoms with Gasteiger partial charge in [0.2, 0.25) is 0 Å². The number of halogens is 1. The van der Waals surface area contributed by atoms with Crippen molar-refractivity contribution in [1.29, 1.82) is 0 Å². The number of carbonyl (C=O) groups is 1. The van der Waals surface area contributed by atoms with Crippen molar-refractivity contribution in [3.63, 3.8) is 0 Å². The zero-order valence-electron chi connectivity index (χ0n) is 20.7. The number of ether oxygens (including phenoxy) is 1.